The van der Waals surface area contributed by atoms with Crippen LogP contribution in [0.4, 0.5) is 8.78 Å². The van der Waals surface area contributed by atoms with Crippen molar-refractivity contribution in [2.45, 2.75) is 38.8 Å². The number of rotatable bonds is 7. The van der Waals surface area contributed by atoms with Crippen LogP contribution in [0, 0.1) is 23.5 Å². The number of aromatic amines is 1. The van der Waals surface area contributed by atoms with Gasteiger partial charge in [-0.05, 0) is 30.9 Å². The van der Waals surface area contributed by atoms with E-state index in [0.29, 0.717) is 31.8 Å². The Bertz CT molecular complexity index is 1290. The third kappa shape index (κ3) is 4.30. The monoisotopic (exact) mass is 508 g/mol. The van der Waals surface area contributed by atoms with E-state index < -0.39 is 17.7 Å². The van der Waals surface area contributed by atoms with Crippen molar-refractivity contribution in [2.24, 2.45) is 11.8 Å². The molecule has 6 rings (SSSR count). The van der Waals surface area contributed by atoms with E-state index in [1.54, 1.807) is 4.90 Å². The van der Waals surface area contributed by atoms with Gasteiger partial charge in [0, 0.05) is 67.5 Å². The molecule has 3 aliphatic heterocycles. The van der Waals surface area contributed by atoms with Crippen LogP contribution in [0.1, 0.15) is 43.1 Å². The van der Waals surface area contributed by atoms with Gasteiger partial charge >= 0.3 is 0 Å². The maximum atomic E-state index is 15.8. The Balaban J connectivity index is 1.33. The molecule has 4 heterocycles. The molecule has 0 radical (unpaired) electrons. The molecule has 196 valence electrons. The average molecular weight is 509 g/mol. The van der Waals surface area contributed by atoms with Gasteiger partial charge in [-0.25, -0.2) is 8.78 Å². The number of nitrogens with one attached hydrogen (secondary N) is 2. The lowest BCUT2D eigenvalue weighted by Gasteiger charge is -2.44. The minimum absolute atomic E-state index is 0.0698. The van der Waals surface area contributed by atoms with E-state index in [1.807, 2.05) is 31.2 Å². The Morgan fingerprint density at radius 1 is 1.14 bits per heavy atom. The fourth-order valence-corrected chi connectivity index (χ4v) is 6.08. The van der Waals surface area contributed by atoms with Gasteiger partial charge in [-0.15, -0.1) is 0 Å². The van der Waals surface area contributed by atoms with Crippen LogP contribution in [0.2, 0.25) is 0 Å². The molecule has 6 nitrogen and oxygen atoms in total. The lowest BCUT2D eigenvalue weighted by Crippen LogP contribution is -2.56. The van der Waals surface area contributed by atoms with Gasteiger partial charge < -0.3 is 19.9 Å². The van der Waals surface area contributed by atoms with E-state index in [9.17, 15) is 4.79 Å². The molecular weight excluding hydrogens is 474 g/mol. The van der Waals surface area contributed by atoms with E-state index in [1.165, 1.54) is 18.6 Å². The van der Waals surface area contributed by atoms with Gasteiger partial charge in [0.25, 0.3) is 0 Å². The topological polar surface area (TPSA) is 60.6 Å². The highest BCUT2D eigenvalue weighted by atomic mass is 19.1. The first-order valence-electron chi connectivity index (χ1n) is 13.4. The van der Waals surface area contributed by atoms with Gasteiger partial charge in [-0.1, -0.05) is 31.5 Å². The number of halogens is 2. The number of ether oxygens (including phenoxy) is 1. The zero-order valence-corrected chi connectivity index (χ0v) is 21.4. The summed E-state index contributed by atoms with van der Waals surface area (Å²) in [4.78, 5) is 21.0. The highest BCUT2D eigenvalue weighted by Gasteiger charge is 2.44. The molecule has 0 spiro atoms. The molecule has 1 aromatic heterocycles. The summed E-state index contributed by atoms with van der Waals surface area (Å²) in [6.07, 6.45) is 1.80. The number of amides is 1. The van der Waals surface area contributed by atoms with Gasteiger partial charge in [0.2, 0.25) is 5.91 Å². The number of likely N-dealkylation sites (tertiary alicyclic amines) is 1. The summed E-state index contributed by atoms with van der Waals surface area (Å²) in [6, 6.07) is 9.32. The molecule has 0 bridgehead atoms. The first kappa shape index (κ1) is 24.4. The predicted molar refractivity (Wildman–Crippen MR) is 139 cm³/mol. The predicted octanol–water partition coefficient (Wildman–Crippen LogP) is 4.25. The number of hydrogen-bond acceptors (Lipinski definition) is 4. The first-order chi connectivity index (χ1) is 17.9. The fourth-order valence-electron chi connectivity index (χ4n) is 6.08. The van der Waals surface area contributed by atoms with Gasteiger partial charge in [0.15, 0.2) is 0 Å². The lowest BCUT2D eigenvalue weighted by molar-refractivity contribution is -0.142. The second-order valence-electron chi connectivity index (χ2n) is 10.8. The second kappa shape index (κ2) is 9.72. The molecule has 0 aliphatic carbocycles. The van der Waals surface area contributed by atoms with Crippen LogP contribution in [0.25, 0.3) is 10.9 Å². The second-order valence-corrected chi connectivity index (χ2v) is 10.8. The highest BCUT2D eigenvalue weighted by molar-refractivity contribution is 5.87. The zero-order chi connectivity index (χ0) is 25.7. The molecule has 2 saturated heterocycles. The summed E-state index contributed by atoms with van der Waals surface area (Å²) in [6.45, 7) is 8.54. The molecule has 3 aromatic rings. The largest absolute Gasteiger partial charge is 0.492 e. The van der Waals surface area contributed by atoms with E-state index in [0.717, 1.165) is 42.0 Å². The maximum Gasteiger partial charge on any atom is 0.229 e. The van der Waals surface area contributed by atoms with Crippen LogP contribution in [-0.2, 0) is 11.2 Å². The van der Waals surface area contributed by atoms with E-state index >= 15 is 8.78 Å². The van der Waals surface area contributed by atoms with Crippen LogP contribution < -0.4 is 10.1 Å². The number of H-pyrrole nitrogens is 1. The van der Waals surface area contributed by atoms with E-state index in [2.05, 4.69) is 22.1 Å². The number of carbonyl (C=O) groups is 1. The van der Waals surface area contributed by atoms with E-state index in [4.69, 9.17) is 4.74 Å². The van der Waals surface area contributed by atoms with E-state index in [-0.39, 0.29) is 29.2 Å². The van der Waals surface area contributed by atoms with Crippen LogP contribution in [0.3, 0.4) is 0 Å². The molecule has 37 heavy (non-hydrogen) atoms. The van der Waals surface area contributed by atoms with Crippen LogP contribution in [0.15, 0.2) is 36.4 Å². The van der Waals surface area contributed by atoms with Crippen LogP contribution in [-0.4, -0.2) is 66.1 Å². The Morgan fingerprint density at radius 2 is 1.86 bits per heavy atom. The van der Waals surface area contributed by atoms with Crippen LogP contribution >= 0.6 is 0 Å². The molecule has 0 unspecified atom stereocenters. The van der Waals surface area contributed by atoms with Gasteiger partial charge in [-0.2, -0.15) is 0 Å². The molecule has 2 atom stereocenters. The standard InChI is InChI=1S/C29H34F2N4O2/c1-3-18-15-34(16-18)8-9-37-20-11-23(30)26(24(31)12-20)28-27-22(21-6-4-5-7-25(21)33-27)10-17(2)35(28)29(36)19-13-32-14-19/h4-7,11-12,17-19,28,32-33H,3,8-10,13-16H2,1-2H3/t17-,28-/m1/s1. The summed E-state index contributed by atoms with van der Waals surface area (Å²) >= 11 is 0. The van der Waals surface area contributed by atoms with Crippen molar-refractivity contribution < 1.29 is 18.3 Å². The Hall–Kier alpha value is -2.97. The minimum atomic E-state index is -0.875. The molecule has 1 amide bonds. The zero-order valence-electron chi connectivity index (χ0n) is 21.4. The first-order valence-corrected chi connectivity index (χ1v) is 13.4. The van der Waals surface area contributed by atoms with Gasteiger partial charge in [-0.3, -0.25) is 9.69 Å². The molecule has 2 aromatic carbocycles. The average Bonchev–Trinajstić information content (AvgIpc) is 3.17. The number of nitrogens with zero attached hydrogens (tertiary/aromatic N) is 2. The Morgan fingerprint density at radius 3 is 2.54 bits per heavy atom. The van der Waals surface area contributed by atoms with Crippen LogP contribution in [0.5, 0.6) is 5.75 Å². The maximum absolute atomic E-state index is 15.8. The van der Waals surface area contributed by atoms with Gasteiger partial charge in [0.1, 0.15) is 30.0 Å². The van der Waals surface area contributed by atoms with Crippen molar-refractivity contribution in [3.05, 3.63) is 64.9 Å². The summed E-state index contributed by atoms with van der Waals surface area (Å²) < 4.78 is 37.3. The number of benzene rings is 2. The Labute approximate surface area is 216 Å². The minimum Gasteiger partial charge on any atom is -0.492 e. The number of carbonyl (C=O) groups excluding carboxylic acids is 1. The van der Waals surface area contributed by atoms with Crippen molar-refractivity contribution in [3.63, 3.8) is 0 Å². The number of aromatic nitrogens is 1. The van der Waals surface area contributed by atoms with Crippen molar-refractivity contribution in [1.82, 2.24) is 20.1 Å². The summed E-state index contributed by atoms with van der Waals surface area (Å²) in [7, 11) is 0. The highest BCUT2D eigenvalue weighted by Crippen LogP contribution is 2.43. The SMILES string of the molecule is CCC1CN(CCOc2cc(F)c([C@@H]3c4[nH]c5ccccc5c4C[C@@H](C)N3C(=O)C3CNC3)c(F)c2)C1. The molecule has 8 heteroatoms. The third-order valence-electron chi connectivity index (χ3n) is 8.37. The smallest absolute Gasteiger partial charge is 0.229 e. The van der Waals surface area contributed by atoms with Gasteiger partial charge in [0.05, 0.1) is 11.5 Å². The molecular formula is C29H34F2N4O2. The summed E-state index contributed by atoms with van der Waals surface area (Å²) in [5.41, 5.74) is 2.50. The molecule has 2 fully saturated rings. The Kier molecular flexibility index (Phi) is 6.41. The lowest BCUT2D eigenvalue weighted by atomic mass is 9.86. The molecule has 3 aliphatic rings. The number of hydrogen-bond donors (Lipinski definition) is 2. The van der Waals surface area contributed by atoms with Crippen molar-refractivity contribution in [2.75, 3.05) is 39.3 Å². The molecule has 2 N–H and O–H groups in total. The number of para-hydroxylation sites is 1. The fraction of sp³-hybridized carbons (Fsp3) is 0.483. The van der Waals surface area contributed by atoms with Crippen molar-refractivity contribution in [1.29, 1.82) is 0 Å². The normalized spacial score (nSPS) is 22.5. The van der Waals surface area contributed by atoms with Crippen molar-refractivity contribution >= 4 is 16.8 Å². The summed E-state index contributed by atoms with van der Waals surface area (Å²) in [5.74, 6) is -0.731. The quantitative estimate of drug-likeness (QED) is 0.501. The molecule has 0 saturated carbocycles. The summed E-state index contributed by atoms with van der Waals surface area (Å²) in [5, 5.41) is 4.17. The third-order valence-corrected chi connectivity index (χ3v) is 8.37. The van der Waals surface area contributed by atoms with Crippen molar-refractivity contribution in [3.8, 4) is 5.75 Å². The number of fused-ring (bicyclic) bond motifs is 3.